The van der Waals surface area contributed by atoms with Gasteiger partial charge < -0.3 is 15.4 Å². The number of hydrogen-bond donors (Lipinski definition) is 2. The van der Waals surface area contributed by atoms with E-state index in [4.69, 9.17) is 4.74 Å². The fraction of sp³-hybridized carbons (Fsp3) is 0.176. The fourth-order valence-corrected chi connectivity index (χ4v) is 2.01. The van der Waals surface area contributed by atoms with Crippen LogP contribution in [0.3, 0.4) is 0 Å². The zero-order valence-electron chi connectivity index (χ0n) is 12.5. The number of anilines is 1. The average Bonchev–Trinajstić information content (AvgIpc) is 2.56. The van der Waals surface area contributed by atoms with Gasteiger partial charge >= 0.3 is 11.8 Å². The molecule has 0 bridgehead atoms. The highest BCUT2D eigenvalue weighted by atomic mass is 16.5. The minimum Gasteiger partial charge on any atom is -0.495 e. The Balaban J connectivity index is 1.99. The van der Waals surface area contributed by atoms with Gasteiger partial charge in [0.2, 0.25) is 0 Å². The van der Waals surface area contributed by atoms with Gasteiger partial charge in [0.15, 0.2) is 0 Å². The SMILES string of the molecule is COc1ccccc1NC(=O)C(=O)NC(C)c1ccccc1. The highest BCUT2D eigenvalue weighted by molar-refractivity contribution is 6.39. The number of ether oxygens (including phenoxy) is 1. The Labute approximate surface area is 129 Å². The van der Waals surface area contributed by atoms with Crippen molar-refractivity contribution in [2.45, 2.75) is 13.0 Å². The van der Waals surface area contributed by atoms with Crippen molar-refractivity contribution in [2.24, 2.45) is 0 Å². The molecule has 0 saturated heterocycles. The summed E-state index contributed by atoms with van der Waals surface area (Å²) in [7, 11) is 1.50. The van der Waals surface area contributed by atoms with Gasteiger partial charge in [0.25, 0.3) is 0 Å². The van der Waals surface area contributed by atoms with E-state index >= 15 is 0 Å². The van der Waals surface area contributed by atoms with Crippen LogP contribution in [0, 0.1) is 0 Å². The van der Waals surface area contributed by atoms with Crippen LogP contribution in [0.2, 0.25) is 0 Å². The molecule has 0 aliphatic carbocycles. The van der Waals surface area contributed by atoms with Crippen LogP contribution in [0.15, 0.2) is 54.6 Å². The van der Waals surface area contributed by atoms with E-state index in [0.717, 1.165) is 5.56 Å². The van der Waals surface area contributed by atoms with Crippen LogP contribution >= 0.6 is 0 Å². The van der Waals surface area contributed by atoms with Crippen LogP contribution < -0.4 is 15.4 Å². The van der Waals surface area contributed by atoms with E-state index in [-0.39, 0.29) is 6.04 Å². The van der Waals surface area contributed by atoms with E-state index < -0.39 is 11.8 Å². The van der Waals surface area contributed by atoms with Crippen LogP contribution in [-0.4, -0.2) is 18.9 Å². The summed E-state index contributed by atoms with van der Waals surface area (Å²) in [6, 6.07) is 16.1. The van der Waals surface area contributed by atoms with Gasteiger partial charge in [-0.25, -0.2) is 0 Å². The molecular formula is C17H18N2O3. The number of carbonyl (C=O) groups excluding carboxylic acids is 2. The number of nitrogens with one attached hydrogen (secondary N) is 2. The molecule has 0 spiro atoms. The zero-order chi connectivity index (χ0) is 15.9. The van der Waals surface area contributed by atoms with Crippen LogP contribution in [0.1, 0.15) is 18.5 Å². The Kier molecular flexibility index (Phi) is 5.14. The molecule has 2 N–H and O–H groups in total. The molecule has 2 rings (SSSR count). The monoisotopic (exact) mass is 298 g/mol. The first-order chi connectivity index (χ1) is 10.6. The molecule has 1 atom stereocenters. The molecule has 0 aliphatic heterocycles. The Hall–Kier alpha value is -2.82. The van der Waals surface area contributed by atoms with Gasteiger partial charge in [-0.15, -0.1) is 0 Å². The van der Waals surface area contributed by atoms with Gasteiger partial charge in [0.05, 0.1) is 18.8 Å². The molecule has 2 aromatic rings. The number of methoxy groups -OCH3 is 1. The summed E-state index contributed by atoms with van der Waals surface area (Å²) in [6.45, 7) is 1.82. The molecule has 1 unspecified atom stereocenters. The first kappa shape index (κ1) is 15.6. The first-order valence-corrected chi connectivity index (χ1v) is 6.91. The summed E-state index contributed by atoms with van der Waals surface area (Å²) >= 11 is 0. The third-order valence-corrected chi connectivity index (χ3v) is 3.21. The predicted octanol–water partition coefficient (Wildman–Crippen LogP) is 2.51. The Morgan fingerprint density at radius 1 is 0.955 bits per heavy atom. The van der Waals surface area contributed by atoms with Crippen molar-refractivity contribution in [3.63, 3.8) is 0 Å². The number of para-hydroxylation sites is 2. The standard InChI is InChI=1S/C17H18N2O3/c1-12(13-8-4-3-5-9-13)18-16(20)17(21)19-14-10-6-7-11-15(14)22-2/h3-12H,1-2H3,(H,18,20)(H,19,21). The predicted molar refractivity (Wildman–Crippen MR) is 84.6 cm³/mol. The summed E-state index contributed by atoms with van der Waals surface area (Å²) in [6.07, 6.45) is 0. The lowest BCUT2D eigenvalue weighted by molar-refractivity contribution is -0.136. The summed E-state index contributed by atoms with van der Waals surface area (Å²) in [5.41, 5.74) is 1.39. The molecular weight excluding hydrogens is 280 g/mol. The van der Waals surface area contributed by atoms with Gasteiger partial charge in [0.1, 0.15) is 5.75 Å². The van der Waals surface area contributed by atoms with Gasteiger partial charge in [-0.05, 0) is 24.6 Å². The molecule has 0 heterocycles. The molecule has 2 aromatic carbocycles. The van der Waals surface area contributed by atoms with Crippen LogP contribution in [0.25, 0.3) is 0 Å². The van der Waals surface area contributed by atoms with Crippen molar-refractivity contribution in [1.82, 2.24) is 5.32 Å². The maximum atomic E-state index is 12.0. The highest BCUT2D eigenvalue weighted by Gasteiger charge is 2.18. The molecule has 5 nitrogen and oxygen atoms in total. The second-order valence-corrected chi connectivity index (χ2v) is 4.76. The van der Waals surface area contributed by atoms with Crippen molar-refractivity contribution in [2.75, 3.05) is 12.4 Å². The minimum absolute atomic E-state index is 0.253. The van der Waals surface area contributed by atoms with Gasteiger partial charge in [-0.3, -0.25) is 9.59 Å². The molecule has 0 saturated carbocycles. The normalized spacial score (nSPS) is 11.4. The molecule has 22 heavy (non-hydrogen) atoms. The number of hydrogen-bond acceptors (Lipinski definition) is 3. The van der Waals surface area contributed by atoms with Crippen LogP contribution in [-0.2, 0) is 9.59 Å². The zero-order valence-corrected chi connectivity index (χ0v) is 12.5. The smallest absolute Gasteiger partial charge is 0.313 e. The van der Waals surface area contributed by atoms with Crippen molar-refractivity contribution in [1.29, 1.82) is 0 Å². The topological polar surface area (TPSA) is 67.4 Å². The van der Waals surface area contributed by atoms with Crippen LogP contribution in [0.4, 0.5) is 5.69 Å². The van der Waals surface area contributed by atoms with Crippen molar-refractivity contribution in [3.05, 3.63) is 60.2 Å². The quantitative estimate of drug-likeness (QED) is 0.852. The summed E-state index contributed by atoms with van der Waals surface area (Å²) in [4.78, 5) is 23.9. The van der Waals surface area contributed by atoms with E-state index in [0.29, 0.717) is 11.4 Å². The molecule has 5 heteroatoms. The highest BCUT2D eigenvalue weighted by Crippen LogP contribution is 2.22. The van der Waals surface area contributed by atoms with E-state index in [9.17, 15) is 9.59 Å². The molecule has 0 aliphatic rings. The molecule has 2 amide bonds. The molecule has 0 radical (unpaired) electrons. The van der Waals surface area contributed by atoms with Crippen LogP contribution in [0.5, 0.6) is 5.75 Å². The number of benzene rings is 2. The van der Waals surface area contributed by atoms with Crippen molar-refractivity contribution < 1.29 is 14.3 Å². The Morgan fingerprint density at radius 2 is 1.59 bits per heavy atom. The average molecular weight is 298 g/mol. The van der Waals surface area contributed by atoms with E-state index in [2.05, 4.69) is 10.6 Å². The lowest BCUT2D eigenvalue weighted by Crippen LogP contribution is -2.36. The second-order valence-electron chi connectivity index (χ2n) is 4.76. The lowest BCUT2D eigenvalue weighted by Gasteiger charge is -2.14. The van der Waals surface area contributed by atoms with Crippen molar-refractivity contribution >= 4 is 17.5 Å². The summed E-state index contributed by atoms with van der Waals surface area (Å²) in [5, 5.41) is 5.20. The van der Waals surface area contributed by atoms with E-state index in [1.807, 2.05) is 37.3 Å². The molecule has 114 valence electrons. The maximum absolute atomic E-state index is 12.0. The minimum atomic E-state index is -0.729. The number of amides is 2. The largest absolute Gasteiger partial charge is 0.495 e. The summed E-state index contributed by atoms with van der Waals surface area (Å²) < 4.78 is 5.13. The number of rotatable bonds is 4. The third-order valence-electron chi connectivity index (χ3n) is 3.21. The van der Waals surface area contributed by atoms with Crippen molar-refractivity contribution in [3.8, 4) is 5.75 Å². The summed E-state index contributed by atoms with van der Waals surface area (Å²) in [5.74, 6) is -0.922. The first-order valence-electron chi connectivity index (χ1n) is 6.91. The lowest BCUT2D eigenvalue weighted by atomic mass is 10.1. The van der Waals surface area contributed by atoms with Gasteiger partial charge in [0, 0.05) is 0 Å². The Morgan fingerprint density at radius 3 is 2.27 bits per heavy atom. The van der Waals surface area contributed by atoms with E-state index in [1.165, 1.54) is 7.11 Å². The van der Waals surface area contributed by atoms with Gasteiger partial charge in [-0.1, -0.05) is 42.5 Å². The second kappa shape index (κ2) is 7.26. The van der Waals surface area contributed by atoms with Gasteiger partial charge in [-0.2, -0.15) is 0 Å². The fourth-order valence-electron chi connectivity index (χ4n) is 2.01. The molecule has 0 fully saturated rings. The third kappa shape index (κ3) is 3.85. The van der Waals surface area contributed by atoms with E-state index in [1.54, 1.807) is 24.3 Å². The molecule has 0 aromatic heterocycles. The maximum Gasteiger partial charge on any atom is 0.313 e. The number of carbonyl (C=O) groups is 2. The Bertz CT molecular complexity index is 656.